The van der Waals surface area contributed by atoms with Gasteiger partial charge in [-0.2, -0.15) is 0 Å². The van der Waals surface area contributed by atoms with Crippen LogP contribution in [0.15, 0.2) is 54.6 Å². The fourth-order valence-electron chi connectivity index (χ4n) is 3.21. The Kier molecular flexibility index (Phi) is 3.31. The number of rotatable bonds is 3. The molecule has 4 aromatic rings. The van der Waals surface area contributed by atoms with E-state index in [2.05, 4.69) is 15.0 Å². The number of fused-ring (bicyclic) bond motifs is 1. The molecule has 0 aliphatic heterocycles. The van der Waals surface area contributed by atoms with Gasteiger partial charge in [-0.15, -0.1) is 0 Å². The molecule has 0 aliphatic carbocycles. The molecule has 2 aromatic heterocycles. The molecule has 2 aromatic carbocycles. The molecule has 118 valence electrons. The van der Waals surface area contributed by atoms with E-state index in [0.717, 1.165) is 44.9 Å². The van der Waals surface area contributed by atoms with Gasteiger partial charge in [0.2, 0.25) is 0 Å². The molecule has 24 heavy (non-hydrogen) atoms. The smallest absolute Gasteiger partial charge is 0.162 e. The number of para-hydroxylation sites is 2. The molecule has 0 atom stereocenters. The minimum Gasteiger partial charge on any atom is -0.355 e. The zero-order valence-corrected chi connectivity index (χ0v) is 13.6. The molecule has 4 nitrogen and oxygen atoms in total. The first-order chi connectivity index (χ1) is 11.6. The standard InChI is InChI=1S/C20H17N3O/c1-12-17(13(2)24)18(14-8-4-3-5-9-14)19(21-12)20-22-15-10-6-7-11-16(15)23-20/h3-11,21H,1-2H3,(H,22,23). The lowest BCUT2D eigenvalue weighted by Crippen LogP contribution is -1.95. The Morgan fingerprint density at radius 1 is 0.958 bits per heavy atom. The van der Waals surface area contributed by atoms with Gasteiger partial charge in [-0.1, -0.05) is 42.5 Å². The van der Waals surface area contributed by atoms with Crippen molar-refractivity contribution in [3.8, 4) is 22.6 Å². The van der Waals surface area contributed by atoms with E-state index in [4.69, 9.17) is 0 Å². The topological polar surface area (TPSA) is 61.5 Å². The fourth-order valence-corrected chi connectivity index (χ4v) is 3.21. The second kappa shape index (κ2) is 5.49. The summed E-state index contributed by atoms with van der Waals surface area (Å²) in [6.45, 7) is 3.53. The lowest BCUT2D eigenvalue weighted by Gasteiger charge is -2.05. The Hall–Kier alpha value is -3.14. The molecule has 0 fully saturated rings. The maximum absolute atomic E-state index is 12.2. The number of hydrogen-bond acceptors (Lipinski definition) is 2. The molecule has 0 amide bonds. The molecule has 4 heteroatoms. The summed E-state index contributed by atoms with van der Waals surface area (Å²) < 4.78 is 0. The monoisotopic (exact) mass is 315 g/mol. The Bertz CT molecular complexity index is 1010. The van der Waals surface area contributed by atoms with Crippen LogP contribution in [-0.4, -0.2) is 20.7 Å². The third kappa shape index (κ3) is 2.24. The summed E-state index contributed by atoms with van der Waals surface area (Å²) in [7, 11) is 0. The largest absolute Gasteiger partial charge is 0.355 e. The van der Waals surface area contributed by atoms with E-state index in [1.807, 2.05) is 61.5 Å². The Labute approximate surface area is 139 Å². The number of carbonyl (C=O) groups is 1. The van der Waals surface area contributed by atoms with Gasteiger partial charge in [0.1, 0.15) is 0 Å². The first-order valence-electron chi connectivity index (χ1n) is 7.89. The second-order valence-electron chi connectivity index (χ2n) is 5.90. The number of nitrogens with one attached hydrogen (secondary N) is 2. The van der Waals surface area contributed by atoms with Crippen molar-refractivity contribution in [3.05, 3.63) is 65.9 Å². The van der Waals surface area contributed by atoms with Gasteiger partial charge in [-0.05, 0) is 31.5 Å². The molecule has 0 radical (unpaired) electrons. The van der Waals surface area contributed by atoms with Crippen LogP contribution in [-0.2, 0) is 0 Å². The van der Waals surface area contributed by atoms with Gasteiger partial charge in [-0.3, -0.25) is 4.79 Å². The minimum absolute atomic E-state index is 0.0463. The third-order valence-corrected chi connectivity index (χ3v) is 4.23. The number of aromatic amines is 2. The number of nitrogens with zero attached hydrogens (tertiary/aromatic N) is 1. The van der Waals surface area contributed by atoms with E-state index in [1.165, 1.54) is 0 Å². The van der Waals surface area contributed by atoms with E-state index in [9.17, 15) is 4.79 Å². The summed E-state index contributed by atoms with van der Waals surface area (Å²) in [6.07, 6.45) is 0. The van der Waals surface area contributed by atoms with Crippen LogP contribution in [0.1, 0.15) is 23.0 Å². The summed E-state index contributed by atoms with van der Waals surface area (Å²) in [5.74, 6) is 0.788. The van der Waals surface area contributed by atoms with Crippen LogP contribution in [0.2, 0.25) is 0 Å². The number of H-pyrrole nitrogens is 2. The van der Waals surface area contributed by atoms with Crippen molar-refractivity contribution < 1.29 is 4.79 Å². The maximum Gasteiger partial charge on any atom is 0.162 e. The molecular weight excluding hydrogens is 298 g/mol. The van der Waals surface area contributed by atoms with Crippen LogP contribution in [0, 0.1) is 6.92 Å². The van der Waals surface area contributed by atoms with Crippen molar-refractivity contribution in [1.82, 2.24) is 15.0 Å². The zero-order valence-electron chi connectivity index (χ0n) is 13.6. The van der Waals surface area contributed by atoms with Crippen molar-refractivity contribution in [2.75, 3.05) is 0 Å². The third-order valence-electron chi connectivity index (χ3n) is 4.23. The first kappa shape index (κ1) is 14.5. The molecular formula is C20H17N3O. The number of ketones is 1. The second-order valence-corrected chi connectivity index (χ2v) is 5.90. The van der Waals surface area contributed by atoms with Crippen molar-refractivity contribution >= 4 is 16.8 Å². The zero-order chi connectivity index (χ0) is 16.7. The van der Waals surface area contributed by atoms with Crippen molar-refractivity contribution in [3.63, 3.8) is 0 Å². The number of aromatic nitrogens is 3. The molecule has 4 rings (SSSR count). The van der Waals surface area contributed by atoms with Gasteiger partial charge in [-0.25, -0.2) is 4.98 Å². The van der Waals surface area contributed by atoms with Crippen LogP contribution in [0.25, 0.3) is 33.7 Å². The molecule has 0 spiro atoms. The average Bonchev–Trinajstić information content (AvgIpc) is 3.16. The van der Waals surface area contributed by atoms with Gasteiger partial charge in [0.15, 0.2) is 11.6 Å². The highest BCUT2D eigenvalue weighted by molar-refractivity contribution is 6.05. The summed E-state index contributed by atoms with van der Waals surface area (Å²) in [5.41, 5.74) is 6.21. The summed E-state index contributed by atoms with van der Waals surface area (Å²) in [5, 5.41) is 0. The van der Waals surface area contributed by atoms with E-state index < -0.39 is 0 Å². The van der Waals surface area contributed by atoms with Crippen LogP contribution in [0.4, 0.5) is 0 Å². The Morgan fingerprint density at radius 3 is 2.38 bits per heavy atom. The van der Waals surface area contributed by atoms with Crippen molar-refractivity contribution in [2.24, 2.45) is 0 Å². The maximum atomic E-state index is 12.2. The molecule has 2 heterocycles. The number of Topliss-reactive ketones (excluding diaryl/α,β-unsaturated/α-hetero) is 1. The lowest BCUT2D eigenvalue weighted by molar-refractivity contribution is 0.101. The molecule has 0 saturated carbocycles. The van der Waals surface area contributed by atoms with Crippen LogP contribution >= 0.6 is 0 Å². The normalized spacial score (nSPS) is 11.1. The predicted octanol–water partition coefficient (Wildman–Crippen LogP) is 4.74. The number of imidazole rings is 1. The summed E-state index contributed by atoms with van der Waals surface area (Å²) >= 11 is 0. The molecule has 0 unspecified atom stereocenters. The molecule has 2 N–H and O–H groups in total. The van der Waals surface area contributed by atoms with Crippen LogP contribution in [0.3, 0.4) is 0 Å². The number of carbonyl (C=O) groups excluding carboxylic acids is 1. The van der Waals surface area contributed by atoms with Crippen molar-refractivity contribution in [2.45, 2.75) is 13.8 Å². The minimum atomic E-state index is 0.0463. The number of hydrogen-bond donors (Lipinski definition) is 2. The average molecular weight is 315 g/mol. The van der Waals surface area contributed by atoms with Gasteiger partial charge < -0.3 is 9.97 Å². The first-order valence-corrected chi connectivity index (χ1v) is 7.89. The molecule has 0 bridgehead atoms. The van der Waals surface area contributed by atoms with Crippen molar-refractivity contribution in [1.29, 1.82) is 0 Å². The van der Waals surface area contributed by atoms with E-state index >= 15 is 0 Å². The predicted molar refractivity (Wildman–Crippen MR) is 96.1 cm³/mol. The van der Waals surface area contributed by atoms with E-state index in [0.29, 0.717) is 0 Å². The van der Waals surface area contributed by atoms with Crippen LogP contribution < -0.4 is 0 Å². The van der Waals surface area contributed by atoms with Crippen LogP contribution in [0.5, 0.6) is 0 Å². The Morgan fingerprint density at radius 2 is 1.67 bits per heavy atom. The fraction of sp³-hybridized carbons (Fsp3) is 0.100. The quantitative estimate of drug-likeness (QED) is 0.537. The summed E-state index contributed by atoms with van der Waals surface area (Å²) in [4.78, 5) is 23.6. The molecule has 0 saturated heterocycles. The van der Waals surface area contributed by atoms with Gasteiger partial charge in [0, 0.05) is 16.8 Å². The van der Waals surface area contributed by atoms with Gasteiger partial charge >= 0.3 is 0 Å². The molecule has 0 aliphatic rings. The van der Waals surface area contributed by atoms with Gasteiger partial charge in [0.25, 0.3) is 0 Å². The Balaban J connectivity index is 2.02. The van der Waals surface area contributed by atoms with Gasteiger partial charge in [0.05, 0.1) is 16.7 Å². The SMILES string of the molecule is CC(=O)c1c(C)[nH]c(-c2nc3ccccc3[nH]2)c1-c1ccccc1. The highest BCUT2D eigenvalue weighted by Gasteiger charge is 2.22. The number of aryl methyl sites for hydroxylation is 1. The lowest BCUT2D eigenvalue weighted by atomic mass is 9.98. The van der Waals surface area contributed by atoms with E-state index in [1.54, 1.807) is 6.92 Å². The highest BCUT2D eigenvalue weighted by Crippen LogP contribution is 2.36. The van der Waals surface area contributed by atoms with E-state index in [-0.39, 0.29) is 5.78 Å². The summed E-state index contributed by atoms with van der Waals surface area (Å²) in [6, 6.07) is 17.9. The highest BCUT2D eigenvalue weighted by atomic mass is 16.1. The number of benzene rings is 2.